The summed E-state index contributed by atoms with van der Waals surface area (Å²) in [6.07, 6.45) is 5.78. The fraction of sp³-hybridized carbons (Fsp3) is 0.917. The van der Waals surface area contributed by atoms with Crippen molar-refractivity contribution < 1.29 is 4.79 Å². The number of alkyl halides is 1. The van der Waals surface area contributed by atoms with Gasteiger partial charge in [0, 0.05) is 30.1 Å². The summed E-state index contributed by atoms with van der Waals surface area (Å²) < 4.78 is 0. The van der Waals surface area contributed by atoms with Crippen LogP contribution in [-0.4, -0.2) is 40.8 Å². The molecular formula is C12H20ClNOS. The predicted molar refractivity (Wildman–Crippen MR) is 70.1 cm³/mol. The van der Waals surface area contributed by atoms with Gasteiger partial charge in [-0.15, -0.1) is 11.6 Å². The number of hydrogen-bond acceptors (Lipinski definition) is 2. The van der Waals surface area contributed by atoms with Crippen LogP contribution in [0, 0.1) is 5.92 Å². The highest BCUT2D eigenvalue weighted by molar-refractivity contribution is 7.99. The van der Waals surface area contributed by atoms with Gasteiger partial charge in [-0.05, 0) is 25.0 Å². The normalized spacial score (nSPS) is 31.4. The zero-order valence-electron chi connectivity index (χ0n) is 9.66. The number of hydrogen-bond donors (Lipinski definition) is 0. The fourth-order valence-electron chi connectivity index (χ4n) is 2.59. The molecule has 4 heteroatoms. The standard InChI is InChI=1S/C12H20ClNOS/c13-8-11-4-2-1-3-6-14(11)12(15)10-5-7-16-9-10/h10-11H,1-9H2. The van der Waals surface area contributed by atoms with Crippen molar-refractivity contribution in [2.45, 2.75) is 38.1 Å². The van der Waals surface area contributed by atoms with E-state index in [9.17, 15) is 4.79 Å². The van der Waals surface area contributed by atoms with E-state index in [1.165, 1.54) is 12.8 Å². The summed E-state index contributed by atoms with van der Waals surface area (Å²) in [7, 11) is 0. The van der Waals surface area contributed by atoms with E-state index in [1.807, 2.05) is 11.8 Å². The molecule has 2 aliphatic heterocycles. The molecule has 2 atom stereocenters. The lowest BCUT2D eigenvalue weighted by molar-refractivity contribution is -0.136. The maximum Gasteiger partial charge on any atom is 0.226 e. The van der Waals surface area contributed by atoms with Crippen LogP contribution in [-0.2, 0) is 4.79 Å². The van der Waals surface area contributed by atoms with Gasteiger partial charge in [-0.25, -0.2) is 0 Å². The highest BCUT2D eigenvalue weighted by atomic mass is 35.5. The molecule has 0 aliphatic carbocycles. The fourth-order valence-corrected chi connectivity index (χ4v) is 4.12. The Morgan fingerprint density at radius 3 is 2.88 bits per heavy atom. The molecule has 2 rings (SSSR count). The lowest BCUT2D eigenvalue weighted by Crippen LogP contribution is -2.44. The van der Waals surface area contributed by atoms with Gasteiger partial charge in [-0.3, -0.25) is 4.79 Å². The predicted octanol–water partition coefficient (Wildman–Crippen LogP) is 2.75. The molecule has 2 heterocycles. The van der Waals surface area contributed by atoms with E-state index in [0.717, 1.165) is 37.3 Å². The summed E-state index contributed by atoms with van der Waals surface area (Å²) in [6.45, 7) is 0.928. The number of rotatable bonds is 2. The third kappa shape index (κ3) is 2.86. The molecule has 0 bridgehead atoms. The first kappa shape index (κ1) is 12.6. The average Bonchev–Trinajstić information content (AvgIpc) is 2.73. The van der Waals surface area contributed by atoms with Crippen molar-refractivity contribution in [1.29, 1.82) is 0 Å². The van der Waals surface area contributed by atoms with Crippen molar-refractivity contribution in [1.82, 2.24) is 4.90 Å². The van der Waals surface area contributed by atoms with Gasteiger partial charge in [-0.2, -0.15) is 11.8 Å². The third-order valence-corrected chi connectivity index (χ3v) is 5.14. The van der Waals surface area contributed by atoms with Gasteiger partial charge in [0.05, 0.1) is 0 Å². The molecule has 0 radical (unpaired) electrons. The van der Waals surface area contributed by atoms with Crippen molar-refractivity contribution in [2.75, 3.05) is 23.9 Å². The van der Waals surface area contributed by atoms with Gasteiger partial charge in [0.1, 0.15) is 0 Å². The molecule has 0 N–H and O–H groups in total. The number of carbonyl (C=O) groups excluding carboxylic acids is 1. The summed E-state index contributed by atoms with van der Waals surface area (Å²) >= 11 is 7.91. The molecule has 2 saturated heterocycles. The molecule has 0 spiro atoms. The van der Waals surface area contributed by atoms with Crippen LogP contribution in [0.4, 0.5) is 0 Å². The van der Waals surface area contributed by atoms with Crippen molar-refractivity contribution in [3.05, 3.63) is 0 Å². The zero-order valence-corrected chi connectivity index (χ0v) is 11.2. The number of nitrogens with zero attached hydrogens (tertiary/aromatic N) is 1. The van der Waals surface area contributed by atoms with Gasteiger partial charge in [0.25, 0.3) is 0 Å². The number of thioether (sulfide) groups is 1. The van der Waals surface area contributed by atoms with Crippen molar-refractivity contribution in [3.63, 3.8) is 0 Å². The van der Waals surface area contributed by atoms with Crippen LogP contribution in [0.15, 0.2) is 0 Å². The van der Waals surface area contributed by atoms with Crippen LogP contribution >= 0.6 is 23.4 Å². The number of amides is 1. The zero-order chi connectivity index (χ0) is 11.4. The molecule has 0 aromatic heterocycles. The Bertz CT molecular complexity index is 243. The summed E-state index contributed by atoms with van der Waals surface area (Å²) in [6, 6.07) is 0.294. The van der Waals surface area contributed by atoms with Gasteiger partial charge in [0.15, 0.2) is 0 Å². The summed E-state index contributed by atoms with van der Waals surface area (Å²) in [4.78, 5) is 14.5. The van der Waals surface area contributed by atoms with Crippen molar-refractivity contribution in [2.24, 2.45) is 5.92 Å². The Morgan fingerprint density at radius 2 is 2.19 bits per heavy atom. The van der Waals surface area contributed by atoms with Gasteiger partial charge in [0.2, 0.25) is 5.91 Å². The molecule has 92 valence electrons. The van der Waals surface area contributed by atoms with E-state index in [-0.39, 0.29) is 5.92 Å². The van der Waals surface area contributed by atoms with Crippen molar-refractivity contribution >= 4 is 29.3 Å². The van der Waals surface area contributed by atoms with Crippen LogP contribution in [0.2, 0.25) is 0 Å². The summed E-state index contributed by atoms with van der Waals surface area (Å²) in [5.74, 6) is 3.41. The first-order valence-electron chi connectivity index (χ1n) is 6.27. The molecule has 0 aromatic rings. The van der Waals surface area contributed by atoms with Crippen LogP contribution in [0.1, 0.15) is 32.1 Å². The van der Waals surface area contributed by atoms with Crippen LogP contribution in [0.5, 0.6) is 0 Å². The second-order valence-corrected chi connectivity index (χ2v) is 6.21. The Kier molecular flexibility index (Phi) is 4.83. The third-order valence-electron chi connectivity index (χ3n) is 3.62. The van der Waals surface area contributed by atoms with E-state index < -0.39 is 0 Å². The topological polar surface area (TPSA) is 20.3 Å². The Morgan fingerprint density at radius 1 is 1.31 bits per heavy atom. The Balaban J connectivity index is 2.00. The summed E-state index contributed by atoms with van der Waals surface area (Å²) in [5, 5.41) is 0. The maximum atomic E-state index is 12.4. The first-order valence-corrected chi connectivity index (χ1v) is 7.96. The number of halogens is 1. The smallest absolute Gasteiger partial charge is 0.226 e. The van der Waals surface area contributed by atoms with E-state index in [4.69, 9.17) is 11.6 Å². The lowest BCUT2D eigenvalue weighted by Gasteiger charge is -2.30. The molecule has 2 aliphatic rings. The summed E-state index contributed by atoms with van der Waals surface area (Å²) in [5.41, 5.74) is 0. The van der Waals surface area contributed by atoms with Gasteiger partial charge < -0.3 is 4.90 Å². The molecule has 1 amide bonds. The second-order valence-electron chi connectivity index (χ2n) is 4.75. The molecule has 0 aromatic carbocycles. The minimum Gasteiger partial charge on any atom is -0.338 e. The van der Waals surface area contributed by atoms with Crippen molar-refractivity contribution in [3.8, 4) is 0 Å². The Hall–Kier alpha value is 0.110. The second kappa shape index (κ2) is 6.15. The van der Waals surface area contributed by atoms with E-state index in [0.29, 0.717) is 17.8 Å². The van der Waals surface area contributed by atoms with E-state index >= 15 is 0 Å². The molecule has 2 unspecified atom stereocenters. The highest BCUT2D eigenvalue weighted by Gasteiger charge is 2.31. The number of likely N-dealkylation sites (tertiary alicyclic amines) is 1. The van der Waals surface area contributed by atoms with E-state index in [2.05, 4.69) is 4.90 Å². The van der Waals surface area contributed by atoms with Gasteiger partial charge >= 0.3 is 0 Å². The minimum absolute atomic E-state index is 0.272. The average molecular weight is 262 g/mol. The van der Waals surface area contributed by atoms with Crippen LogP contribution < -0.4 is 0 Å². The monoisotopic (exact) mass is 261 g/mol. The SMILES string of the molecule is O=C(C1CCSC1)N1CCCCCC1CCl. The van der Waals surface area contributed by atoms with E-state index in [1.54, 1.807) is 0 Å². The maximum absolute atomic E-state index is 12.4. The molecular weight excluding hydrogens is 242 g/mol. The molecule has 16 heavy (non-hydrogen) atoms. The quantitative estimate of drug-likeness (QED) is 0.713. The lowest BCUT2D eigenvalue weighted by atomic mass is 10.1. The molecule has 2 nitrogen and oxygen atoms in total. The minimum atomic E-state index is 0.272. The Labute approximate surface area is 107 Å². The van der Waals surface area contributed by atoms with Crippen LogP contribution in [0.25, 0.3) is 0 Å². The molecule has 0 saturated carbocycles. The molecule has 2 fully saturated rings. The van der Waals surface area contributed by atoms with Gasteiger partial charge in [-0.1, -0.05) is 12.8 Å². The largest absolute Gasteiger partial charge is 0.338 e. The van der Waals surface area contributed by atoms with Crippen LogP contribution in [0.3, 0.4) is 0 Å². The number of carbonyl (C=O) groups is 1. The highest BCUT2D eigenvalue weighted by Crippen LogP contribution is 2.28. The first-order chi connectivity index (χ1) is 7.83.